The lowest BCUT2D eigenvalue weighted by molar-refractivity contribution is 1.14. The second kappa shape index (κ2) is 5.07. The molecule has 0 atom stereocenters. The molecule has 0 radical (unpaired) electrons. The Hall–Kier alpha value is -1.78. The molecule has 3 rings (SSSR count). The lowest BCUT2D eigenvalue weighted by atomic mass is 10.2. The fourth-order valence-corrected chi connectivity index (χ4v) is 2.86. The van der Waals surface area contributed by atoms with E-state index in [0.29, 0.717) is 10.7 Å². The van der Waals surface area contributed by atoms with Crippen LogP contribution in [0.2, 0.25) is 5.02 Å². The fourth-order valence-electron chi connectivity index (χ4n) is 1.78. The minimum absolute atomic E-state index is 0.673. The van der Waals surface area contributed by atoms with Gasteiger partial charge >= 0.3 is 0 Å². The van der Waals surface area contributed by atoms with Crippen molar-refractivity contribution in [1.29, 1.82) is 0 Å². The van der Waals surface area contributed by atoms with Crippen LogP contribution in [0, 0.1) is 0 Å². The van der Waals surface area contributed by atoms with Crippen molar-refractivity contribution in [3.05, 3.63) is 53.8 Å². The number of anilines is 1. The van der Waals surface area contributed by atoms with Gasteiger partial charge in [-0.25, -0.2) is 4.98 Å². The second-order valence-corrected chi connectivity index (χ2v) is 5.44. The number of aromatic nitrogens is 2. The summed E-state index contributed by atoms with van der Waals surface area (Å²) in [6.07, 6.45) is 3.50. The lowest BCUT2D eigenvalue weighted by Gasteiger charge is -2.07. The third kappa shape index (κ3) is 2.50. The molecule has 19 heavy (non-hydrogen) atoms. The zero-order valence-corrected chi connectivity index (χ0v) is 11.4. The maximum atomic E-state index is 5.98. The van der Waals surface area contributed by atoms with Gasteiger partial charge in [0.25, 0.3) is 0 Å². The van der Waals surface area contributed by atoms with Crippen LogP contribution in [0.15, 0.2) is 58.7 Å². The quantitative estimate of drug-likeness (QED) is 0.773. The molecule has 5 heteroatoms. The first kappa shape index (κ1) is 12.3. The van der Waals surface area contributed by atoms with Crippen molar-refractivity contribution in [3.63, 3.8) is 0 Å². The summed E-state index contributed by atoms with van der Waals surface area (Å²) < 4.78 is 0. The Balaban J connectivity index is 2.09. The van der Waals surface area contributed by atoms with Crippen molar-refractivity contribution in [2.24, 2.45) is 0 Å². The van der Waals surface area contributed by atoms with E-state index in [4.69, 9.17) is 17.3 Å². The number of nitrogens with zero attached hydrogens (tertiary/aromatic N) is 2. The number of fused-ring (bicyclic) bond motifs is 1. The van der Waals surface area contributed by atoms with Crippen LogP contribution in [-0.4, -0.2) is 9.97 Å². The van der Waals surface area contributed by atoms with Crippen molar-refractivity contribution < 1.29 is 0 Å². The van der Waals surface area contributed by atoms with E-state index in [9.17, 15) is 0 Å². The normalized spacial score (nSPS) is 10.8. The van der Waals surface area contributed by atoms with Gasteiger partial charge in [-0.15, -0.1) is 0 Å². The number of nitrogens with two attached hydrogens (primary N) is 1. The molecular weight excluding hydrogens is 278 g/mol. The highest BCUT2D eigenvalue weighted by Crippen LogP contribution is 2.34. The summed E-state index contributed by atoms with van der Waals surface area (Å²) in [5.74, 6) is 0. The molecule has 0 fully saturated rings. The Labute approximate surface area is 119 Å². The number of pyridine rings is 2. The molecule has 94 valence electrons. The first-order valence-electron chi connectivity index (χ1n) is 5.66. The largest absolute Gasteiger partial charge is 0.397 e. The van der Waals surface area contributed by atoms with Gasteiger partial charge < -0.3 is 5.73 Å². The van der Waals surface area contributed by atoms with E-state index in [1.54, 1.807) is 12.4 Å². The SMILES string of the molecule is Nc1cccnc1Sc1ccnc2cc(Cl)ccc12. The van der Waals surface area contributed by atoms with E-state index in [1.165, 1.54) is 11.8 Å². The number of hydrogen-bond donors (Lipinski definition) is 1. The summed E-state index contributed by atoms with van der Waals surface area (Å²) in [7, 11) is 0. The summed E-state index contributed by atoms with van der Waals surface area (Å²) >= 11 is 7.51. The predicted octanol–water partition coefficient (Wildman–Crippen LogP) is 4.02. The molecule has 0 aliphatic heterocycles. The molecule has 0 unspecified atom stereocenters. The summed E-state index contributed by atoms with van der Waals surface area (Å²) in [6, 6.07) is 11.3. The molecule has 2 heterocycles. The van der Waals surface area contributed by atoms with Crippen LogP contribution in [0.1, 0.15) is 0 Å². The Morgan fingerprint density at radius 2 is 1.95 bits per heavy atom. The Kier molecular flexibility index (Phi) is 3.27. The van der Waals surface area contributed by atoms with Crippen LogP contribution < -0.4 is 5.73 Å². The minimum Gasteiger partial charge on any atom is -0.397 e. The second-order valence-electron chi connectivity index (χ2n) is 3.97. The monoisotopic (exact) mass is 287 g/mol. The van der Waals surface area contributed by atoms with Crippen LogP contribution in [-0.2, 0) is 0 Å². The van der Waals surface area contributed by atoms with Gasteiger partial charge in [0.1, 0.15) is 5.03 Å². The third-order valence-electron chi connectivity index (χ3n) is 2.67. The number of benzene rings is 1. The average molecular weight is 288 g/mol. The molecule has 0 aliphatic rings. The first-order valence-corrected chi connectivity index (χ1v) is 6.86. The maximum absolute atomic E-state index is 5.98. The van der Waals surface area contributed by atoms with Gasteiger partial charge in [-0.2, -0.15) is 0 Å². The average Bonchev–Trinajstić information content (AvgIpc) is 2.41. The fraction of sp³-hybridized carbons (Fsp3) is 0. The topological polar surface area (TPSA) is 51.8 Å². The summed E-state index contributed by atoms with van der Waals surface area (Å²) in [5, 5.41) is 2.52. The smallest absolute Gasteiger partial charge is 0.124 e. The van der Waals surface area contributed by atoms with Crippen molar-refractivity contribution in [2.45, 2.75) is 9.92 Å². The molecule has 0 saturated carbocycles. The first-order chi connectivity index (χ1) is 9.24. The third-order valence-corrected chi connectivity index (χ3v) is 4.02. The van der Waals surface area contributed by atoms with E-state index in [2.05, 4.69) is 9.97 Å². The Bertz CT molecular complexity index is 746. The standard InChI is InChI=1S/C14H10ClN3S/c15-9-3-4-10-12(8-9)17-7-5-13(10)19-14-11(16)2-1-6-18-14/h1-8H,16H2. The predicted molar refractivity (Wildman–Crippen MR) is 79.5 cm³/mol. The van der Waals surface area contributed by atoms with Gasteiger partial charge in [-0.05, 0) is 30.3 Å². The van der Waals surface area contributed by atoms with E-state index in [-0.39, 0.29) is 0 Å². The number of rotatable bonds is 2. The number of nitrogen functional groups attached to an aromatic ring is 1. The van der Waals surface area contributed by atoms with Crippen molar-refractivity contribution >= 4 is 40.0 Å². The van der Waals surface area contributed by atoms with Gasteiger partial charge in [0.2, 0.25) is 0 Å². The lowest BCUT2D eigenvalue weighted by Crippen LogP contribution is -1.91. The molecule has 0 aliphatic carbocycles. The van der Waals surface area contributed by atoms with Crippen molar-refractivity contribution in [1.82, 2.24) is 9.97 Å². The van der Waals surface area contributed by atoms with Crippen LogP contribution in [0.5, 0.6) is 0 Å². The maximum Gasteiger partial charge on any atom is 0.124 e. The molecule has 0 amide bonds. The molecule has 0 saturated heterocycles. The molecule has 3 aromatic rings. The molecule has 2 N–H and O–H groups in total. The molecule has 0 spiro atoms. The van der Waals surface area contributed by atoms with E-state index < -0.39 is 0 Å². The van der Waals surface area contributed by atoms with E-state index >= 15 is 0 Å². The van der Waals surface area contributed by atoms with Gasteiger partial charge in [-0.1, -0.05) is 29.4 Å². The molecule has 0 bridgehead atoms. The van der Waals surface area contributed by atoms with Gasteiger partial charge in [0, 0.05) is 27.7 Å². The highest BCUT2D eigenvalue weighted by molar-refractivity contribution is 7.99. The molecule has 2 aromatic heterocycles. The van der Waals surface area contributed by atoms with E-state index in [1.807, 2.05) is 36.4 Å². The van der Waals surface area contributed by atoms with Gasteiger partial charge in [-0.3, -0.25) is 4.98 Å². The van der Waals surface area contributed by atoms with Crippen LogP contribution in [0.4, 0.5) is 5.69 Å². The molecule has 3 nitrogen and oxygen atoms in total. The zero-order valence-electron chi connectivity index (χ0n) is 9.88. The highest BCUT2D eigenvalue weighted by atomic mass is 35.5. The Morgan fingerprint density at radius 3 is 2.79 bits per heavy atom. The summed E-state index contributed by atoms with van der Waals surface area (Å²) in [6.45, 7) is 0. The molecule has 1 aromatic carbocycles. The zero-order chi connectivity index (χ0) is 13.2. The summed E-state index contributed by atoms with van der Waals surface area (Å²) in [4.78, 5) is 9.67. The van der Waals surface area contributed by atoms with Crippen LogP contribution >= 0.6 is 23.4 Å². The van der Waals surface area contributed by atoms with Crippen molar-refractivity contribution in [2.75, 3.05) is 5.73 Å². The van der Waals surface area contributed by atoms with E-state index in [0.717, 1.165) is 20.8 Å². The molecular formula is C14H10ClN3S. The van der Waals surface area contributed by atoms with Crippen molar-refractivity contribution in [3.8, 4) is 0 Å². The van der Waals surface area contributed by atoms with Crippen LogP contribution in [0.25, 0.3) is 10.9 Å². The van der Waals surface area contributed by atoms with Gasteiger partial charge in [0.05, 0.1) is 11.2 Å². The van der Waals surface area contributed by atoms with Gasteiger partial charge in [0.15, 0.2) is 0 Å². The Morgan fingerprint density at radius 1 is 1.05 bits per heavy atom. The summed E-state index contributed by atoms with van der Waals surface area (Å²) in [5.41, 5.74) is 7.46. The minimum atomic E-state index is 0.673. The number of hydrogen-bond acceptors (Lipinski definition) is 4. The number of halogens is 1. The highest BCUT2D eigenvalue weighted by Gasteiger charge is 2.07. The van der Waals surface area contributed by atoms with Crippen LogP contribution in [0.3, 0.4) is 0 Å².